The standard InChI is InChI=1S/C25H31N3O5/c1-32-25(31)12-15-27-16-22(33-19-21-10-13-26-14-11-21)17-28(18-24(27)30)23(29)9-5-8-20-6-3-2-4-7-20/h2-4,6-7,10-11,13-14,22H,5,8-9,12,15-19H2,1H3. The Labute approximate surface area is 194 Å². The minimum Gasteiger partial charge on any atom is -0.469 e. The van der Waals surface area contributed by atoms with E-state index in [9.17, 15) is 14.4 Å². The van der Waals surface area contributed by atoms with Gasteiger partial charge in [0, 0.05) is 38.4 Å². The molecule has 0 radical (unpaired) electrons. The van der Waals surface area contributed by atoms with Crippen molar-refractivity contribution in [1.82, 2.24) is 14.8 Å². The van der Waals surface area contributed by atoms with Crippen LogP contribution in [0.1, 0.15) is 30.4 Å². The summed E-state index contributed by atoms with van der Waals surface area (Å²) in [6.45, 7) is 1.21. The molecule has 0 saturated carbocycles. The lowest BCUT2D eigenvalue weighted by Gasteiger charge is -2.24. The normalized spacial score (nSPS) is 16.4. The summed E-state index contributed by atoms with van der Waals surface area (Å²) >= 11 is 0. The molecule has 0 bridgehead atoms. The Bertz CT molecular complexity index is 907. The molecule has 1 aromatic heterocycles. The van der Waals surface area contributed by atoms with Crippen molar-refractivity contribution in [3.8, 4) is 0 Å². The fraction of sp³-hybridized carbons (Fsp3) is 0.440. The zero-order chi connectivity index (χ0) is 23.5. The Morgan fingerprint density at radius 3 is 2.52 bits per heavy atom. The topological polar surface area (TPSA) is 89.0 Å². The van der Waals surface area contributed by atoms with Gasteiger partial charge in [0.05, 0.1) is 32.8 Å². The smallest absolute Gasteiger partial charge is 0.307 e. The molecular formula is C25H31N3O5. The first-order valence-electron chi connectivity index (χ1n) is 11.2. The van der Waals surface area contributed by atoms with Gasteiger partial charge < -0.3 is 19.3 Å². The second-order valence-corrected chi connectivity index (χ2v) is 8.07. The molecule has 3 rings (SSSR count). The zero-order valence-electron chi connectivity index (χ0n) is 19.0. The number of aromatic nitrogens is 1. The highest BCUT2D eigenvalue weighted by Crippen LogP contribution is 2.14. The van der Waals surface area contributed by atoms with E-state index < -0.39 is 0 Å². The average molecular weight is 454 g/mol. The van der Waals surface area contributed by atoms with Crippen molar-refractivity contribution in [2.75, 3.05) is 33.3 Å². The van der Waals surface area contributed by atoms with Crippen LogP contribution in [0, 0.1) is 0 Å². The predicted molar refractivity (Wildman–Crippen MR) is 122 cm³/mol. The molecule has 2 amide bonds. The minimum atomic E-state index is -0.379. The van der Waals surface area contributed by atoms with Crippen molar-refractivity contribution in [2.24, 2.45) is 0 Å². The molecule has 1 atom stereocenters. The Morgan fingerprint density at radius 1 is 1.03 bits per heavy atom. The Balaban J connectivity index is 1.61. The Hall–Kier alpha value is -3.26. The van der Waals surface area contributed by atoms with Crippen LogP contribution in [0.25, 0.3) is 0 Å². The fourth-order valence-corrected chi connectivity index (χ4v) is 3.76. The van der Waals surface area contributed by atoms with Crippen LogP contribution in [0.2, 0.25) is 0 Å². The molecule has 2 aromatic rings. The molecule has 0 spiro atoms. The third-order valence-corrected chi connectivity index (χ3v) is 5.63. The fourth-order valence-electron chi connectivity index (χ4n) is 3.76. The molecular weight excluding hydrogens is 422 g/mol. The third-order valence-electron chi connectivity index (χ3n) is 5.63. The van der Waals surface area contributed by atoms with E-state index in [1.807, 2.05) is 42.5 Å². The highest BCUT2D eigenvalue weighted by Gasteiger charge is 2.30. The summed E-state index contributed by atoms with van der Waals surface area (Å²) in [6.07, 6.45) is 5.01. The van der Waals surface area contributed by atoms with Crippen LogP contribution in [-0.2, 0) is 36.9 Å². The molecule has 1 fully saturated rings. The van der Waals surface area contributed by atoms with Crippen molar-refractivity contribution >= 4 is 17.8 Å². The largest absolute Gasteiger partial charge is 0.469 e. The van der Waals surface area contributed by atoms with Crippen molar-refractivity contribution in [3.63, 3.8) is 0 Å². The van der Waals surface area contributed by atoms with E-state index in [-0.39, 0.29) is 43.4 Å². The number of hydrogen-bond acceptors (Lipinski definition) is 6. The van der Waals surface area contributed by atoms with E-state index in [0.717, 1.165) is 12.0 Å². The molecule has 1 aliphatic rings. The Kier molecular flexibility index (Phi) is 9.38. The second-order valence-electron chi connectivity index (χ2n) is 8.07. The van der Waals surface area contributed by atoms with E-state index in [2.05, 4.69) is 4.98 Å². The number of amides is 2. The van der Waals surface area contributed by atoms with Gasteiger partial charge in [0.1, 0.15) is 0 Å². The van der Waals surface area contributed by atoms with Crippen molar-refractivity contribution in [2.45, 2.75) is 38.4 Å². The number of esters is 1. The van der Waals surface area contributed by atoms with Crippen LogP contribution in [0.3, 0.4) is 0 Å². The molecule has 1 unspecified atom stereocenters. The van der Waals surface area contributed by atoms with Crippen LogP contribution in [0.5, 0.6) is 0 Å². The number of rotatable bonds is 10. The van der Waals surface area contributed by atoms with Crippen LogP contribution in [0.15, 0.2) is 54.9 Å². The third kappa shape index (κ3) is 7.98. The van der Waals surface area contributed by atoms with Crippen molar-refractivity contribution in [3.05, 3.63) is 66.0 Å². The van der Waals surface area contributed by atoms with E-state index in [4.69, 9.17) is 9.47 Å². The number of pyridine rings is 1. The maximum atomic E-state index is 12.9. The molecule has 1 aliphatic heterocycles. The van der Waals surface area contributed by atoms with E-state index >= 15 is 0 Å². The maximum absolute atomic E-state index is 12.9. The minimum absolute atomic E-state index is 0.0134. The summed E-state index contributed by atoms with van der Waals surface area (Å²) in [7, 11) is 1.32. The number of ether oxygens (including phenoxy) is 2. The van der Waals surface area contributed by atoms with Crippen molar-refractivity contribution in [1.29, 1.82) is 0 Å². The molecule has 33 heavy (non-hydrogen) atoms. The quantitative estimate of drug-likeness (QED) is 0.513. The summed E-state index contributed by atoms with van der Waals surface area (Å²) in [5.74, 6) is -0.632. The van der Waals surface area contributed by atoms with Gasteiger partial charge in [-0.25, -0.2) is 0 Å². The number of hydrogen-bond donors (Lipinski definition) is 0. The number of benzene rings is 1. The summed E-state index contributed by atoms with van der Waals surface area (Å²) in [5.41, 5.74) is 2.15. The molecule has 176 valence electrons. The number of carbonyl (C=O) groups excluding carboxylic acids is 3. The lowest BCUT2D eigenvalue weighted by Crippen LogP contribution is -2.40. The molecule has 8 heteroatoms. The van der Waals surface area contributed by atoms with Gasteiger partial charge in [-0.15, -0.1) is 0 Å². The van der Waals surface area contributed by atoms with Gasteiger partial charge in [0.2, 0.25) is 11.8 Å². The number of aryl methyl sites for hydroxylation is 1. The average Bonchev–Trinajstić information content (AvgIpc) is 3.01. The first kappa shape index (κ1) is 24.4. The van der Waals surface area contributed by atoms with Gasteiger partial charge in [-0.1, -0.05) is 30.3 Å². The van der Waals surface area contributed by atoms with Crippen LogP contribution < -0.4 is 0 Å². The summed E-state index contributed by atoms with van der Waals surface area (Å²) in [5, 5.41) is 0. The SMILES string of the molecule is COC(=O)CCN1CC(OCc2ccncc2)CN(C(=O)CCCc2ccccc2)CC1=O. The lowest BCUT2D eigenvalue weighted by molar-refractivity contribution is -0.142. The van der Waals surface area contributed by atoms with Crippen LogP contribution >= 0.6 is 0 Å². The predicted octanol–water partition coefficient (Wildman–Crippen LogP) is 2.22. The van der Waals surface area contributed by atoms with E-state index in [1.165, 1.54) is 12.7 Å². The van der Waals surface area contributed by atoms with Gasteiger partial charge in [-0.05, 0) is 36.1 Å². The molecule has 2 heterocycles. The van der Waals surface area contributed by atoms with E-state index in [1.54, 1.807) is 22.2 Å². The zero-order valence-corrected chi connectivity index (χ0v) is 19.0. The highest BCUT2D eigenvalue weighted by atomic mass is 16.5. The van der Waals surface area contributed by atoms with Gasteiger partial charge >= 0.3 is 5.97 Å². The highest BCUT2D eigenvalue weighted by molar-refractivity contribution is 5.85. The van der Waals surface area contributed by atoms with E-state index in [0.29, 0.717) is 32.5 Å². The van der Waals surface area contributed by atoms with Gasteiger partial charge in [-0.3, -0.25) is 19.4 Å². The maximum Gasteiger partial charge on any atom is 0.307 e. The Morgan fingerprint density at radius 2 is 1.79 bits per heavy atom. The molecule has 0 N–H and O–H groups in total. The van der Waals surface area contributed by atoms with Gasteiger partial charge in [0.15, 0.2) is 0 Å². The van der Waals surface area contributed by atoms with Crippen molar-refractivity contribution < 1.29 is 23.9 Å². The molecule has 1 saturated heterocycles. The number of methoxy groups -OCH3 is 1. The monoisotopic (exact) mass is 453 g/mol. The van der Waals surface area contributed by atoms with Crippen LogP contribution in [-0.4, -0.2) is 72.0 Å². The summed E-state index contributed by atoms with van der Waals surface area (Å²) < 4.78 is 10.8. The second kappa shape index (κ2) is 12.7. The summed E-state index contributed by atoms with van der Waals surface area (Å²) in [6, 6.07) is 13.8. The first-order chi connectivity index (χ1) is 16.0. The molecule has 8 nitrogen and oxygen atoms in total. The first-order valence-corrected chi connectivity index (χ1v) is 11.2. The van der Waals surface area contributed by atoms with Crippen LogP contribution in [0.4, 0.5) is 0 Å². The molecule has 1 aromatic carbocycles. The summed E-state index contributed by atoms with van der Waals surface area (Å²) in [4.78, 5) is 44.6. The number of carbonyl (C=O) groups is 3. The van der Waals surface area contributed by atoms with Gasteiger partial charge in [-0.2, -0.15) is 0 Å². The number of nitrogens with zero attached hydrogens (tertiary/aromatic N) is 3. The van der Waals surface area contributed by atoms with Gasteiger partial charge in [0.25, 0.3) is 0 Å². The lowest BCUT2D eigenvalue weighted by atomic mass is 10.1. The molecule has 0 aliphatic carbocycles.